The van der Waals surface area contributed by atoms with E-state index in [-0.39, 0.29) is 24.0 Å². The molecule has 5 heteroatoms. The van der Waals surface area contributed by atoms with E-state index in [1.807, 2.05) is 24.3 Å². The van der Waals surface area contributed by atoms with E-state index in [4.69, 9.17) is 10.5 Å². The minimum absolute atomic E-state index is 0. The molecule has 100 valence electrons. The highest BCUT2D eigenvalue weighted by atomic mass is 127. The van der Waals surface area contributed by atoms with Crippen LogP contribution in [0.25, 0.3) is 0 Å². The highest BCUT2D eigenvalue weighted by molar-refractivity contribution is 14.0. The van der Waals surface area contributed by atoms with Crippen LogP contribution in [0.4, 0.5) is 0 Å². The van der Waals surface area contributed by atoms with Crippen LogP contribution in [-0.4, -0.2) is 19.6 Å². The minimum atomic E-state index is 0. The number of aliphatic imine (C=N–C) groups is 1. The molecule has 0 heterocycles. The van der Waals surface area contributed by atoms with E-state index in [0.29, 0.717) is 25.7 Å². The van der Waals surface area contributed by atoms with E-state index in [0.717, 1.165) is 11.1 Å². The summed E-state index contributed by atoms with van der Waals surface area (Å²) in [6.45, 7) is 5.42. The monoisotopic (exact) mass is 361 g/mol. The lowest BCUT2D eigenvalue weighted by atomic mass is 10.1. The molecule has 0 aliphatic rings. The summed E-state index contributed by atoms with van der Waals surface area (Å²) in [6.07, 6.45) is 1.74. The summed E-state index contributed by atoms with van der Waals surface area (Å²) in [6, 6.07) is 8.11. The van der Waals surface area contributed by atoms with Crippen molar-refractivity contribution in [2.75, 3.05) is 13.7 Å². The first kappa shape index (κ1) is 16.9. The summed E-state index contributed by atoms with van der Waals surface area (Å²) in [7, 11) is 1.68. The Labute approximate surface area is 125 Å². The molecule has 1 rings (SSSR count). The summed E-state index contributed by atoms with van der Waals surface area (Å²) >= 11 is 0. The third-order valence-electron chi connectivity index (χ3n) is 2.19. The normalized spacial score (nSPS) is 10.6. The molecule has 18 heavy (non-hydrogen) atoms. The predicted octanol–water partition coefficient (Wildman–Crippen LogP) is 2.04. The van der Waals surface area contributed by atoms with Crippen LogP contribution in [0, 0.1) is 0 Å². The van der Waals surface area contributed by atoms with Crippen LogP contribution >= 0.6 is 24.0 Å². The molecule has 0 bridgehead atoms. The molecule has 3 N–H and O–H groups in total. The fraction of sp³-hybridized carbons (Fsp3) is 0.308. The molecule has 0 spiro atoms. The van der Waals surface area contributed by atoms with Gasteiger partial charge >= 0.3 is 0 Å². The molecular weight excluding hydrogens is 341 g/mol. The van der Waals surface area contributed by atoms with Crippen LogP contribution in [0.1, 0.15) is 11.1 Å². The fourth-order valence-electron chi connectivity index (χ4n) is 1.32. The van der Waals surface area contributed by atoms with Gasteiger partial charge in [-0.05, 0) is 11.1 Å². The summed E-state index contributed by atoms with van der Waals surface area (Å²) in [5.74, 6) is 0.436. The summed E-state index contributed by atoms with van der Waals surface area (Å²) in [5, 5.41) is 2.92. The maximum absolute atomic E-state index is 5.66. The predicted molar refractivity (Wildman–Crippen MR) is 86.1 cm³/mol. The van der Waals surface area contributed by atoms with Crippen molar-refractivity contribution in [3.8, 4) is 0 Å². The number of methoxy groups -OCH3 is 1. The molecule has 0 aliphatic heterocycles. The van der Waals surface area contributed by atoms with Crippen molar-refractivity contribution in [2.45, 2.75) is 13.2 Å². The SMILES string of the molecule is C=CCNC(N)=NCc1ccc(COC)cc1.I. The van der Waals surface area contributed by atoms with Crippen molar-refractivity contribution >= 4 is 29.9 Å². The van der Waals surface area contributed by atoms with Crippen molar-refractivity contribution in [3.63, 3.8) is 0 Å². The number of guanidine groups is 1. The lowest BCUT2D eigenvalue weighted by Crippen LogP contribution is -2.31. The fourth-order valence-corrected chi connectivity index (χ4v) is 1.32. The average Bonchev–Trinajstić information content (AvgIpc) is 2.36. The van der Waals surface area contributed by atoms with Gasteiger partial charge in [0.05, 0.1) is 13.2 Å². The first-order valence-electron chi connectivity index (χ1n) is 5.47. The highest BCUT2D eigenvalue weighted by Gasteiger charge is 1.94. The van der Waals surface area contributed by atoms with Crippen molar-refractivity contribution in [2.24, 2.45) is 10.7 Å². The van der Waals surface area contributed by atoms with Crippen molar-refractivity contribution in [1.29, 1.82) is 0 Å². The molecule has 0 radical (unpaired) electrons. The van der Waals surface area contributed by atoms with Crippen LogP contribution in [0.15, 0.2) is 41.9 Å². The van der Waals surface area contributed by atoms with Crippen LogP contribution < -0.4 is 11.1 Å². The molecule has 0 aromatic heterocycles. The van der Waals surface area contributed by atoms with Crippen LogP contribution in [0.2, 0.25) is 0 Å². The van der Waals surface area contributed by atoms with Gasteiger partial charge in [-0.2, -0.15) is 0 Å². The van der Waals surface area contributed by atoms with Crippen molar-refractivity contribution in [3.05, 3.63) is 48.0 Å². The molecule has 0 saturated heterocycles. The number of benzene rings is 1. The molecular formula is C13H20IN3O. The number of rotatable bonds is 6. The first-order valence-corrected chi connectivity index (χ1v) is 5.47. The zero-order chi connectivity index (χ0) is 12.5. The maximum atomic E-state index is 5.66. The van der Waals surface area contributed by atoms with E-state index in [1.54, 1.807) is 13.2 Å². The van der Waals surface area contributed by atoms with Gasteiger partial charge in [-0.1, -0.05) is 30.3 Å². The molecule has 0 saturated carbocycles. The van der Waals surface area contributed by atoms with Gasteiger partial charge in [0.1, 0.15) is 0 Å². The van der Waals surface area contributed by atoms with Crippen LogP contribution in [-0.2, 0) is 17.9 Å². The van der Waals surface area contributed by atoms with Gasteiger partial charge in [0.2, 0.25) is 0 Å². The third kappa shape index (κ3) is 6.61. The second-order valence-electron chi connectivity index (χ2n) is 3.62. The molecule has 1 aromatic carbocycles. The van der Waals surface area contributed by atoms with E-state index < -0.39 is 0 Å². The Hall–Kier alpha value is -1.08. The Morgan fingerprint density at radius 2 is 2.00 bits per heavy atom. The van der Waals surface area contributed by atoms with Crippen LogP contribution in [0.5, 0.6) is 0 Å². The Morgan fingerprint density at radius 3 is 2.56 bits per heavy atom. The topological polar surface area (TPSA) is 59.6 Å². The Balaban J connectivity index is 0.00000289. The second kappa shape index (κ2) is 9.90. The lowest BCUT2D eigenvalue weighted by molar-refractivity contribution is 0.185. The Bertz CT molecular complexity index is 376. The van der Waals surface area contributed by atoms with Gasteiger partial charge in [0, 0.05) is 13.7 Å². The summed E-state index contributed by atoms with van der Waals surface area (Å²) < 4.78 is 5.04. The van der Waals surface area contributed by atoms with Gasteiger partial charge in [-0.15, -0.1) is 30.6 Å². The van der Waals surface area contributed by atoms with Crippen molar-refractivity contribution in [1.82, 2.24) is 5.32 Å². The van der Waals surface area contributed by atoms with E-state index in [9.17, 15) is 0 Å². The average molecular weight is 361 g/mol. The number of nitrogens with one attached hydrogen (secondary N) is 1. The number of nitrogens with zero attached hydrogens (tertiary/aromatic N) is 1. The first-order chi connectivity index (χ1) is 8.26. The number of hydrogen-bond acceptors (Lipinski definition) is 2. The smallest absolute Gasteiger partial charge is 0.189 e. The van der Waals surface area contributed by atoms with E-state index in [1.165, 1.54) is 0 Å². The molecule has 4 nitrogen and oxygen atoms in total. The number of ether oxygens (including phenoxy) is 1. The summed E-state index contributed by atoms with van der Waals surface area (Å²) in [5.41, 5.74) is 7.93. The van der Waals surface area contributed by atoms with Crippen LogP contribution in [0.3, 0.4) is 0 Å². The zero-order valence-corrected chi connectivity index (χ0v) is 12.9. The highest BCUT2D eigenvalue weighted by Crippen LogP contribution is 2.06. The number of halogens is 1. The minimum Gasteiger partial charge on any atom is -0.380 e. The molecule has 1 aromatic rings. The quantitative estimate of drug-likeness (QED) is 0.353. The van der Waals surface area contributed by atoms with Gasteiger partial charge in [0.15, 0.2) is 5.96 Å². The van der Waals surface area contributed by atoms with Gasteiger partial charge in [0.25, 0.3) is 0 Å². The largest absolute Gasteiger partial charge is 0.380 e. The maximum Gasteiger partial charge on any atom is 0.189 e. The Kier molecular flexibility index (Phi) is 9.31. The molecule has 0 amide bonds. The van der Waals surface area contributed by atoms with E-state index in [2.05, 4.69) is 16.9 Å². The number of nitrogens with two attached hydrogens (primary N) is 1. The summed E-state index contributed by atoms with van der Waals surface area (Å²) in [4.78, 5) is 4.21. The Morgan fingerprint density at radius 1 is 1.39 bits per heavy atom. The lowest BCUT2D eigenvalue weighted by Gasteiger charge is -2.03. The second-order valence-corrected chi connectivity index (χ2v) is 3.62. The van der Waals surface area contributed by atoms with Gasteiger partial charge in [-0.3, -0.25) is 0 Å². The number of hydrogen-bond donors (Lipinski definition) is 2. The third-order valence-corrected chi connectivity index (χ3v) is 2.19. The molecule has 0 atom stereocenters. The van der Waals surface area contributed by atoms with E-state index >= 15 is 0 Å². The zero-order valence-electron chi connectivity index (χ0n) is 10.6. The standard InChI is InChI=1S/C13H19N3O.HI/c1-3-8-15-13(14)16-9-11-4-6-12(7-5-11)10-17-2;/h3-7H,1,8-10H2,2H3,(H3,14,15,16);1H. The van der Waals surface area contributed by atoms with Gasteiger partial charge < -0.3 is 15.8 Å². The van der Waals surface area contributed by atoms with Crippen molar-refractivity contribution < 1.29 is 4.74 Å². The molecule has 0 fully saturated rings. The molecule has 0 unspecified atom stereocenters. The molecule has 0 aliphatic carbocycles. The van der Waals surface area contributed by atoms with Gasteiger partial charge in [-0.25, -0.2) is 4.99 Å².